The molecule has 5 nitrogen and oxygen atoms in total. The van der Waals surface area contributed by atoms with Crippen LogP contribution in [0.4, 0.5) is 5.69 Å². The number of sulfonamides is 1. The van der Waals surface area contributed by atoms with Gasteiger partial charge in [0.15, 0.2) is 0 Å². The minimum Gasteiger partial charge on any atom is -0.325 e. The molecule has 3 aromatic carbocycles. The number of rotatable bonds is 7. The number of benzene rings is 3. The van der Waals surface area contributed by atoms with Gasteiger partial charge < -0.3 is 5.32 Å². The zero-order chi connectivity index (χ0) is 21.7. The van der Waals surface area contributed by atoms with Crippen LogP contribution in [0, 0.1) is 6.92 Å². The first kappa shape index (κ1) is 22.3. The fourth-order valence-corrected chi connectivity index (χ4v) is 4.95. The number of hydrogen-bond acceptors (Lipinski definition) is 3. The third kappa shape index (κ3) is 5.61. The average molecular weight is 463 g/mol. The van der Waals surface area contributed by atoms with E-state index in [1.54, 1.807) is 36.4 Å². The number of carbonyl (C=O) groups is 1. The van der Waals surface area contributed by atoms with Crippen LogP contribution in [0.2, 0.25) is 10.0 Å². The zero-order valence-corrected chi connectivity index (χ0v) is 18.5. The van der Waals surface area contributed by atoms with Crippen LogP contribution in [0.1, 0.15) is 11.1 Å². The lowest BCUT2D eigenvalue weighted by atomic mass is 10.2. The first-order valence-corrected chi connectivity index (χ1v) is 11.3. The Balaban J connectivity index is 1.90. The van der Waals surface area contributed by atoms with Crippen LogP contribution in [0.5, 0.6) is 0 Å². The third-order valence-corrected chi connectivity index (χ3v) is 6.88. The van der Waals surface area contributed by atoms with Crippen LogP contribution >= 0.6 is 23.2 Å². The first-order chi connectivity index (χ1) is 14.3. The van der Waals surface area contributed by atoms with E-state index in [1.165, 1.54) is 18.2 Å². The van der Waals surface area contributed by atoms with E-state index in [0.29, 0.717) is 5.69 Å². The van der Waals surface area contributed by atoms with Gasteiger partial charge in [-0.2, -0.15) is 4.31 Å². The average Bonchev–Trinajstić information content (AvgIpc) is 2.71. The Hall–Kier alpha value is -2.38. The quantitative estimate of drug-likeness (QED) is 0.528. The lowest BCUT2D eigenvalue weighted by molar-refractivity contribution is -0.116. The van der Waals surface area contributed by atoms with Crippen molar-refractivity contribution in [1.29, 1.82) is 0 Å². The van der Waals surface area contributed by atoms with Crippen molar-refractivity contribution in [3.63, 3.8) is 0 Å². The summed E-state index contributed by atoms with van der Waals surface area (Å²) in [5.41, 5.74) is 2.38. The summed E-state index contributed by atoms with van der Waals surface area (Å²) in [6.45, 7) is 1.57. The van der Waals surface area contributed by atoms with E-state index in [0.717, 1.165) is 15.4 Å². The fraction of sp³-hybridized carbons (Fsp3) is 0.136. The highest BCUT2D eigenvalue weighted by atomic mass is 35.5. The van der Waals surface area contributed by atoms with Gasteiger partial charge in [-0.3, -0.25) is 4.79 Å². The maximum atomic E-state index is 13.3. The molecule has 1 N–H and O–H groups in total. The summed E-state index contributed by atoms with van der Waals surface area (Å²) in [7, 11) is -4.09. The van der Waals surface area contributed by atoms with E-state index >= 15 is 0 Å². The van der Waals surface area contributed by atoms with Gasteiger partial charge in [0, 0.05) is 17.3 Å². The summed E-state index contributed by atoms with van der Waals surface area (Å²) in [5, 5.41) is 3.01. The molecule has 3 aromatic rings. The van der Waals surface area contributed by atoms with Crippen LogP contribution in [0.3, 0.4) is 0 Å². The van der Waals surface area contributed by atoms with E-state index in [2.05, 4.69) is 5.32 Å². The molecule has 30 heavy (non-hydrogen) atoms. The monoisotopic (exact) mass is 462 g/mol. The predicted molar refractivity (Wildman–Crippen MR) is 120 cm³/mol. The molecule has 0 heterocycles. The fourth-order valence-electron chi connectivity index (χ4n) is 2.82. The summed E-state index contributed by atoms with van der Waals surface area (Å²) in [5.74, 6) is -0.462. The van der Waals surface area contributed by atoms with Gasteiger partial charge in [0.05, 0.1) is 11.6 Å². The third-order valence-electron chi connectivity index (χ3n) is 4.37. The van der Waals surface area contributed by atoms with Gasteiger partial charge in [-0.15, -0.1) is 0 Å². The van der Waals surface area contributed by atoms with Crippen LogP contribution in [-0.2, 0) is 21.4 Å². The molecule has 0 saturated heterocycles. The number of halogens is 2. The minimum atomic E-state index is -4.09. The maximum absolute atomic E-state index is 13.3. The van der Waals surface area contributed by atoms with Crippen molar-refractivity contribution in [1.82, 2.24) is 4.31 Å². The molecular formula is C22H20Cl2N2O3S. The summed E-state index contributed by atoms with van der Waals surface area (Å²) in [6, 6.07) is 20.5. The Kier molecular flexibility index (Phi) is 7.15. The Morgan fingerprint density at radius 3 is 2.30 bits per heavy atom. The minimum absolute atomic E-state index is 0.00728. The smallest absolute Gasteiger partial charge is 0.245 e. The molecule has 0 aromatic heterocycles. The lowest BCUT2D eigenvalue weighted by Gasteiger charge is -2.22. The van der Waals surface area contributed by atoms with E-state index < -0.39 is 15.9 Å². The van der Waals surface area contributed by atoms with Gasteiger partial charge in [0.25, 0.3) is 0 Å². The first-order valence-electron chi connectivity index (χ1n) is 9.11. The van der Waals surface area contributed by atoms with Gasteiger partial charge in [0.2, 0.25) is 15.9 Å². The molecule has 0 saturated carbocycles. The number of amides is 1. The Morgan fingerprint density at radius 2 is 1.63 bits per heavy atom. The number of hydrogen-bond donors (Lipinski definition) is 1. The highest BCUT2D eigenvalue weighted by Gasteiger charge is 2.29. The van der Waals surface area contributed by atoms with Gasteiger partial charge in [0.1, 0.15) is 4.90 Å². The second-order valence-electron chi connectivity index (χ2n) is 6.75. The number of nitrogens with one attached hydrogen (secondary N) is 1. The van der Waals surface area contributed by atoms with Gasteiger partial charge in [-0.25, -0.2) is 8.42 Å². The predicted octanol–water partition coefficient (Wildman–Crippen LogP) is 5.13. The van der Waals surface area contributed by atoms with Gasteiger partial charge in [-0.1, -0.05) is 71.2 Å². The van der Waals surface area contributed by atoms with E-state index in [9.17, 15) is 13.2 Å². The van der Waals surface area contributed by atoms with Gasteiger partial charge >= 0.3 is 0 Å². The normalized spacial score (nSPS) is 11.5. The van der Waals surface area contributed by atoms with Crippen molar-refractivity contribution < 1.29 is 13.2 Å². The lowest BCUT2D eigenvalue weighted by Crippen LogP contribution is -2.37. The molecular weight excluding hydrogens is 443 g/mol. The van der Waals surface area contributed by atoms with E-state index in [4.69, 9.17) is 23.2 Å². The van der Waals surface area contributed by atoms with Crippen LogP contribution < -0.4 is 5.32 Å². The standard InChI is InChI=1S/C22H20Cl2N2O3S/c1-16-7-10-19(11-8-16)25-22(27)15-26(14-17-5-3-2-4-6-17)30(28,29)21-13-18(23)9-12-20(21)24/h2-13H,14-15H2,1H3,(H,25,27). The van der Waals surface area contributed by atoms with E-state index in [1.807, 2.05) is 25.1 Å². The summed E-state index contributed by atoms with van der Waals surface area (Å²) >= 11 is 12.1. The molecule has 0 unspecified atom stereocenters. The molecule has 0 aliphatic carbocycles. The molecule has 0 bridgehead atoms. The summed E-state index contributed by atoms with van der Waals surface area (Å²) in [4.78, 5) is 12.5. The second kappa shape index (κ2) is 9.62. The van der Waals surface area contributed by atoms with Crippen molar-refractivity contribution in [3.8, 4) is 0 Å². The molecule has 0 fully saturated rings. The van der Waals surface area contributed by atoms with Crippen molar-refractivity contribution in [2.45, 2.75) is 18.4 Å². The van der Waals surface area contributed by atoms with Crippen molar-refractivity contribution in [3.05, 3.63) is 94.0 Å². The molecule has 3 rings (SSSR count). The number of nitrogens with zero attached hydrogens (tertiary/aromatic N) is 1. The highest BCUT2D eigenvalue weighted by molar-refractivity contribution is 7.89. The van der Waals surface area contributed by atoms with Crippen molar-refractivity contribution in [2.24, 2.45) is 0 Å². The Morgan fingerprint density at radius 1 is 0.967 bits per heavy atom. The van der Waals surface area contributed by atoms with E-state index in [-0.39, 0.29) is 28.0 Å². The SMILES string of the molecule is Cc1ccc(NC(=O)CN(Cc2ccccc2)S(=O)(=O)c2cc(Cl)ccc2Cl)cc1. The summed E-state index contributed by atoms with van der Waals surface area (Å²) in [6.07, 6.45) is 0. The number of anilines is 1. The van der Waals surface area contributed by atoms with Crippen molar-refractivity contribution >= 4 is 44.8 Å². The zero-order valence-electron chi connectivity index (χ0n) is 16.2. The van der Waals surface area contributed by atoms with Crippen LogP contribution in [0.25, 0.3) is 0 Å². The van der Waals surface area contributed by atoms with Gasteiger partial charge in [-0.05, 0) is 42.8 Å². The number of aryl methyl sites for hydroxylation is 1. The Labute approximate surface area is 186 Å². The largest absolute Gasteiger partial charge is 0.325 e. The highest BCUT2D eigenvalue weighted by Crippen LogP contribution is 2.28. The molecule has 0 radical (unpaired) electrons. The van der Waals surface area contributed by atoms with Crippen molar-refractivity contribution in [2.75, 3.05) is 11.9 Å². The molecule has 156 valence electrons. The molecule has 0 atom stereocenters. The molecule has 8 heteroatoms. The summed E-state index contributed by atoms with van der Waals surface area (Å²) < 4.78 is 27.8. The van der Waals surface area contributed by atoms with Crippen LogP contribution in [0.15, 0.2) is 77.7 Å². The van der Waals surface area contributed by atoms with Crippen LogP contribution in [-0.4, -0.2) is 25.2 Å². The molecule has 1 amide bonds. The molecule has 0 aliphatic rings. The molecule has 0 spiro atoms. The number of carbonyl (C=O) groups excluding carboxylic acids is 1. The molecule has 0 aliphatic heterocycles. The topological polar surface area (TPSA) is 66.5 Å². The Bertz CT molecular complexity index is 1130. The maximum Gasteiger partial charge on any atom is 0.245 e. The second-order valence-corrected chi connectivity index (χ2v) is 9.50.